The van der Waals surface area contributed by atoms with Crippen molar-refractivity contribution >= 4 is 0 Å². The molecule has 3 nitrogen and oxygen atoms in total. The van der Waals surface area contributed by atoms with Crippen molar-refractivity contribution in [1.82, 2.24) is 0 Å². The molecule has 1 rings (SSSR count). The van der Waals surface area contributed by atoms with Crippen LogP contribution in [-0.2, 0) is 6.18 Å². The van der Waals surface area contributed by atoms with E-state index in [1.807, 2.05) is 0 Å². The Kier molecular flexibility index (Phi) is 2.81. The van der Waals surface area contributed by atoms with Gasteiger partial charge in [0.15, 0.2) is 0 Å². The fraction of sp³-hybridized carbons (Fsp3) is 0.333. The summed E-state index contributed by atoms with van der Waals surface area (Å²) in [5, 5.41) is 27.3. The van der Waals surface area contributed by atoms with Crippen LogP contribution in [-0.4, -0.2) is 15.3 Å². The maximum absolute atomic E-state index is 12.3. The monoisotopic (exact) mass is 222 g/mol. The van der Waals surface area contributed by atoms with E-state index in [-0.39, 0.29) is 5.56 Å². The molecule has 0 aromatic heterocycles. The minimum absolute atomic E-state index is 0.359. The molecule has 1 aromatic rings. The van der Waals surface area contributed by atoms with E-state index >= 15 is 0 Å². The summed E-state index contributed by atoms with van der Waals surface area (Å²) in [7, 11) is 0. The highest BCUT2D eigenvalue weighted by Crippen LogP contribution is 2.41. The van der Waals surface area contributed by atoms with Crippen LogP contribution in [0, 0.1) is 0 Å². The molecule has 0 aliphatic carbocycles. The van der Waals surface area contributed by atoms with Crippen molar-refractivity contribution in [2.24, 2.45) is 0 Å². The highest BCUT2D eigenvalue weighted by molar-refractivity contribution is 5.48. The molecule has 0 fully saturated rings. The summed E-state index contributed by atoms with van der Waals surface area (Å²) < 4.78 is 37.0. The minimum atomic E-state index is -4.77. The molecule has 1 atom stereocenters. The zero-order valence-electron chi connectivity index (χ0n) is 7.71. The molecular weight excluding hydrogens is 213 g/mol. The van der Waals surface area contributed by atoms with E-state index in [4.69, 9.17) is 10.2 Å². The van der Waals surface area contributed by atoms with Crippen molar-refractivity contribution in [2.75, 3.05) is 0 Å². The topological polar surface area (TPSA) is 60.7 Å². The molecule has 0 radical (unpaired) electrons. The summed E-state index contributed by atoms with van der Waals surface area (Å²) in [5.41, 5.74) is -1.72. The molecule has 0 spiro atoms. The number of halogens is 3. The quantitative estimate of drug-likeness (QED) is 0.638. The Hall–Kier alpha value is -1.43. The molecule has 0 saturated heterocycles. The molecule has 1 unspecified atom stereocenters. The van der Waals surface area contributed by atoms with Crippen LogP contribution in [0.2, 0.25) is 0 Å². The molecule has 0 aliphatic heterocycles. The van der Waals surface area contributed by atoms with Crippen molar-refractivity contribution in [1.29, 1.82) is 0 Å². The standard InChI is InChI=1S/C9H9F3O3/c1-4(13)6-2-5(14)3-7(8(6)15)9(10,11)12/h2-4,13-15H,1H3. The van der Waals surface area contributed by atoms with Gasteiger partial charge in [-0.15, -0.1) is 0 Å². The number of phenols is 2. The Morgan fingerprint density at radius 2 is 1.73 bits per heavy atom. The van der Waals surface area contributed by atoms with Crippen LogP contribution in [0.4, 0.5) is 13.2 Å². The Balaban J connectivity index is 3.42. The van der Waals surface area contributed by atoms with E-state index in [1.165, 1.54) is 6.92 Å². The van der Waals surface area contributed by atoms with Crippen LogP contribution in [0.15, 0.2) is 12.1 Å². The van der Waals surface area contributed by atoms with Crippen LogP contribution < -0.4 is 0 Å². The number of aliphatic hydroxyl groups excluding tert-OH is 1. The van der Waals surface area contributed by atoms with Gasteiger partial charge in [0.05, 0.1) is 6.10 Å². The second-order valence-electron chi connectivity index (χ2n) is 3.10. The number of rotatable bonds is 1. The first-order valence-corrected chi connectivity index (χ1v) is 4.04. The van der Waals surface area contributed by atoms with Crippen molar-refractivity contribution in [3.8, 4) is 11.5 Å². The first-order chi connectivity index (χ1) is 6.73. The second kappa shape index (κ2) is 3.62. The fourth-order valence-electron chi connectivity index (χ4n) is 1.18. The van der Waals surface area contributed by atoms with Crippen LogP contribution in [0.5, 0.6) is 11.5 Å². The lowest BCUT2D eigenvalue weighted by molar-refractivity contribution is -0.139. The van der Waals surface area contributed by atoms with Crippen molar-refractivity contribution in [2.45, 2.75) is 19.2 Å². The normalized spacial score (nSPS) is 13.9. The van der Waals surface area contributed by atoms with E-state index in [9.17, 15) is 18.3 Å². The van der Waals surface area contributed by atoms with Gasteiger partial charge in [-0.2, -0.15) is 13.2 Å². The second-order valence-corrected chi connectivity index (χ2v) is 3.10. The van der Waals surface area contributed by atoms with Gasteiger partial charge in [0.1, 0.15) is 17.1 Å². The predicted octanol–water partition coefficient (Wildman–Crippen LogP) is 2.17. The van der Waals surface area contributed by atoms with Crippen LogP contribution >= 0.6 is 0 Å². The Morgan fingerprint density at radius 1 is 1.20 bits per heavy atom. The maximum atomic E-state index is 12.3. The van der Waals surface area contributed by atoms with Gasteiger partial charge in [-0.05, 0) is 19.1 Å². The van der Waals surface area contributed by atoms with E-state index in [1.54, 1.807) is 0 Å². The third kappa shape index (κ3) is 2.33. The predicted molar refractivity (Wildman–Crippen MR) is 45.4 cm³/mol. The van der Waals surface area contributed by atoms with Gasteiger partial charge in [0.25, 0.3) is 0 Å². The number of hydrogen-bond acceptors (Lipinski definition) is 3. The number of aliphatic hydroxyl groups is 1. The lowest BCUT2D eigenvalue weighted by Crippen LogP contribution is -2.07. The van der Waals surface area contributed by atoms with Crippen LogP contribution in [0.3, 0.4) is 0 Å². The van der Waals surface area contributed by atoms with Gasteiger partial charge in [-0.1, -0.05) is 0 Å². The largest absolute Gasteiger partial charge is 0.508 e. The molecule has 0 bridgehead atoms. The van der Waals surface area contributed by atoms with Crippen molar-refractivity contribution in [3.05, 3.63) is 23.3 Å². The summed E-state index contributed by atoms with van der Waals surface area (Å²) in [6.07, 6.45) is -6.06. The van der Waals surface area contributed by atoms with Gasteiger partial charge in [0, 0.05) is 5.56 Å². The maximum Gasteiger partial charge on any atom is 0.420 e. The molecule has 6 heteroatoms. The molecule has 0 aliphatic rings. The number of phenolic OH excluding ortho intramolecular Hbond substituents is 2. The van der Waals surface area contributed by atoms with Gasteiger partial charge < -0.3 is 15.3 Å². The van der Waals surface area contributed by atoms with Crippen LogP contribution in [0.1, 0.15) is 24.2 Å². The average molecular weight is 222 g/mol. The lowest BCUT2D eigenvalue weighted by Gasteiger charge is -2.14. The van der Waals surface area contributed by atoms with Crippen molar-refractivity contribution in [3.63, 3.8) is 0 Å². The average Bonchev–Trinajstić information content (AvgIpc) is 2.06. The molecule has 0 heterocycles. The SMILES string of the molecule is CC(O)c1cc(O)cc(C(F)(F)F)c1O. The lowest BCUT2D eigenvalue weighted by atomic mass is 10.0. The summed E-state index contributed by atoms with van der Waals surface area (Å²) in [4.78, 5) is 0. The molecule has 15 heavy (non-hydrogen) atoms. The van der Waals surface area contributed by atoms with Gasteiger partial charge in [-0.25, -0.2) is 0 Å². The molecule has 3 N–H and O–H groups in total. The van der Waals surface area contributed by atoms with Gasteiger partial charge in [0.2, 0.25) is 0 Å². The van der Waals surface area contributed by atoms with Crippen LogP contribution in [0.25, 0.3) is 0 Å². The summed E-state index contributed by atoms with van der Waals surface area (Å²) in [6, 6.07) is 1.29. The third-order valence-electron chi connectivity index (χ3n) is 1.88. The molecule has 0 saturated carbocycles. The Morgan fingerprint density at radius 3 is 2.13 bits per heavy atom. The van der Waals surface area contributed by atoms with E-state index in [0.29, 0.717) is 6.07 Å². The highest BCUT2D eigenvalue weighted by Gasteiger charge is 2.35. The number of hydrogen-bond donors (Lipinski definition) is 3. The Bertz CT molecular complexity index is 372. The zero-order valence-corrected chi connectivity index (χ0v) is 7.71. The minimum Gasteiger partial charge on any atom is -0.508 e. The summed E-state index contributed by atoms with van der Waals surface area (Å²) in [6.45, 7) is 1.19. The first kappa shape index (κ1) is 11.6. The fourth-order valence-corrected chi connectivity index (χ4v) is 1.18. The molecule has 0 amide bonds. The molecular formula is C9H9F3O3. The number of benzene rings is 1. The third-order valence-corrected chi connectivity index (χ3v) is 1.88. The number of aromatic hydroxyl groups is 2. The van der Waals surface area contributed by atoms with E-state index in [2.05, 4.69) is 0 Å². The molecule has 84 valence electrons. The first-order valence-electron chi connectivity index (χ1n) is 4.04. The number of alkyl halides is 3. The van der Waals surface area contributed by atoms with E-state index < -0.39 is 29.3 Å². The van der Waals surface area contributed by atoms with Crippen molar-refractivity contribution < 1.29 is 28.5 Å². The van der Waals surface area contributed by atoms with E-state index in [0.717, 1.165) is 6.07 Å². The Labute approximate surface area is 83.4 Å². The highest BCUT2D eigenvalue weighted by atomic mass is 19.4. The summed E-state index contributed by atoms with van der Waals surface area (Å²) in [5.74, 6) is -1.72. The smallest absolute Gasteiger partial charge is 0.420 e. The van der Waals surface area contributed by atoms with Gasteiger partial charge in [-0.3, -0.25) is 0 Å². The zero-order chi connectivity index (χ0) is 11.8. The summed E-state index contributed by atoms with van der Waals surface area (Å²) >= 11 is 0. The van der Waals surface area contributed by atoms with Gasteiger partial charge >= 0.3 is 6.18 Å². The molecule has 1 aromatic carbocycles.